The van der Waals surface area contributed by atoms with Crippen molar-refractivity contribution in [3.63, 3.8) is 0 Å². The van der Waals surface area contributed by atoms with Crippen LogP contribution in [0.25, 0.3) is 10.2 Å². The maximum atomic E-state index is 12.5. The highest BCUT2D eigenvalue weighted by atomic mass is 32.1. The third kappa shape index (κ3) is 3.17. The van der Waals surface area contributed by atoms with Gasteiger partial charge < -0.3 is 4.57 Å². The Kier molecular flexibility index (Phi) is 4.26. The molecule has 2 aromatic carbocycles. The van der Waals surface area contributed by atoms with Crippen molar-refractivity contribution in [3.05, 3.63) is 76.6 Å². The number of rotatable bonds is 3. The van der Waals surface area contributed by atoms with E-state index < -0.39 is 0 Å². The second-order valence-electron chi connectivity index (χ2n) is 5.54. The van der Waals surface area contributed by atoms with Gasteiger partial charge in [-0.1, -0.05) is 41.2 Å². The Hall–Kier alpha value is -2.46. The molecule has 1 aromatic heterocycles. The van der Waals surface area contributed by atoms with E-state index in [0.717, 1.165) is 15.8 Å². The molecule has 0 aliphatic rings. The second-order valence-corrected chi connectivity index (χ2v) is 6.55. The van der Waals surface area contributed by atoms with Crippen LogP contribution in [0.3, 0.4) is 0 Å². The van der Waals surface area contributed by atoms with Crippen molar-refractivity contribution < 1.29 is 4.79 Å². The maximum absolute atomic E-state index is 12.5. The number of allylic oxidation sites excluding steroid dienone is 1. The van der Waals surface area contributed by atoms with Crippen molar-refractivity contribution in [1.82, 2.24) is 4.57 Å². The van der Waals surface area contributed by atoms with Crippen LogP contribution in [0.1, 0.15) is 21.5 Å². The average Bonchev–Trinajstić information content (AvgIpc) is 2.84. The first-order chi connectivity index (χ1) is 11.1. The quantitative estimate of drug-likeness (QED) is 0.664. The average molecular weight is 322 g/mol. The number of aryl methyl sites for hydroxylation is 2. The minimum atomic E-state index is -0.213. The van der Waals surface area contributed by atoms with Gasteiger partial charge in [0.25, 0.3) is 5.91 Å². The number of nitrogens with zero attached hydrogens (tertiary/aromatic N) is 2. The van der Waals surface area contributed by atoms with Gasteiger partial charge in [0.15, 0.2) is 4.80 Å². The van der Waals surface area contributed by atoms with Gasteiger partial charge in [-0.15, -0.1) is 6.58 Å². The summed E-state index contributed by atoms with van der Waals surface area (Å²) in [6.07, 6.45) is 1.82. The predicted molar refractivity (Wildman–Crippen MR) is 95.8 cm³/mol. The summed E-state index contributed by atoms with van der Waals surface area (Å²) in [6.45, 7) is 8.47. The number of aromatic nitrogens is 1. The summed E-state index contributed by atoms with van der Waals surface area (Å²) in [5.41, 5.74) is 3.94. The molecule has 4 heteroatoms. The lowest BCUT2D eigenvalue weighted by Crippen LogP contribution is -2.16. The first-order valence-electron chi connectivity index (χ1n) is 7.45. The largest absolute Gasteiger partial charge is 0.312 e. The Balaban J connectivity index is 2.16. The Bertz CT molecular complexity index is 963. The van der Waals surface area contributed by atoms with Crippen molar-refractivity contribution >= 4 is 27.5 Å². The Morgan fingerprint density at radius 1 is 1.22 bits per heavy atom. The standard InChI is InChI=1S/C19H18N2OS/c1-4-10-21-16-9-8-14(3)12-17(16)23-19(21)20-18(22)15-7-5-6-13(2)11-15/h4-9,11-12H,1,10H2,2-3H3. The lowest BCUT2D eigenvalue weighted by molar-refractivity contribution is 0.0998. The van der Waals surface area contributed by atoms with Crippen LogP contribution < -0.4 is 4.80 Å². The van der Waals surface area contributed by atoms with Crippen LogP contribution in [0.15, 0.2) is 60.1 Å². The number of hydrogen-bond acceptors (Lipinski definition) is 2. The van der Waals surface area contributed by atoms with Gasteiger partial charge in [-0.25, -0.2) is 0 Å². The smallest absolute Gasteiger partial charge is 0.279 e. The SMILES string of the molecule is C=CCn1c(=NC(=O)c2cccc(C)c2)sc2cc(C)ccc21. The molecule has 23 heavy (non-hydrogen) atoms. The fraction of sp³-hybridized carbons (Fsp3) is 0.158. The minimum Gasteiger partial charge on any atom is -0.312 e. The molecular weight excluding hydrogens is 304 g/mol. The molecular formula is C19H18N2OS. The van der Waals surface area contributed by atoms with E-state index in [2.05, 4.69) is 36.7 Å². The summed E-state index contributed by atoms with van der Waals surface area (Å²) < 4.78 is 3.16. The first kappa shape index (κ1) is 15.4. The van der Waals surface area contributed by atoms with Crippen LogP contribution in [0.2, 0.25) is 0 Å². The fourth-order valence-electron chi connectivity index (χ4n) is 2.50. The van der Waals surface area contributed by atoms with Crippen LogP contribution in [-0.4, -0.2) is 10.5 Å². The second kappa shape index (κ2) is 6.34. The Morgan fingerprint density at radius 3 is 2.74 bits per heavy atom. The van der Waals surface area contributed by atoms with E-state index in [-0.39, 0.29) is 5.91 Å². The molecule has 0 radical (unpaired) electrons. The number of benzene rings is 2. The van der Waals surface area contributed by atoms with E-state index >= 15 is 0 Å². The van der Waals surface area contributed by atoms with Gasteiger partial charge in [0.2, 0.25) is 0 Å². The first-order valence-corrected chi connectivity index (χ1v) is 8.27. The zero-order chi connectivity index (χ0) is 16.4. The molecule has 0 unspecified atom stereocenters. The number of fused-ring (bicyclic) bond motifs is 1. The molecule has 0 bridgehead atoms. The molecule has 3 rings (SSSR count). The van der Waals surface area contributed by atoms with E-state index in [1.165, 1.54) is 16.9 Å². The summed E-state index contributed by atoms with van der Waals surface area (Å²) >= 11 is 1.53. The molecule has 1 amide bonds. The molecule has 3 nitrogen and oxygen atoms in total. The highest BCUT2D eigenvalue weighted by Crippen LogP contribution is 2.19. The van der Waals surface area contributed by atoms with Crippen LogP contribution in [0, 0.1) is 13.8 Å². The summed E-state index contributed by atoms with van der Waals surface area (Å²) in [5, 5.41) is 0. The van der Waals surface area contributed by atoms with Crippen molar-refractivity contribution in [1.29, 1.82) is 0 Å². The minimum absolute atomic E-state index is 0.213. The third-order valence-electron chi connectivity index (χ3n) is 3.61. The van der Waals surface area contributed by atoms with Crippen molar-refractivity contribution in [2.75, 3.05) is 0 Å². The zero-order valence-corrected chi connectivity index (χ0v) is 14.1. The Morgan fingerprint density at radius 2 is 2.00 bits per heavy atom. The fourth-order valence-corrected chi connectivity index (χ4v) is 3.64. The number of carbonyl (C=O) groups excluding carboxylic acids is 1. The summed E-state index contributed by atoms with van der Waals surface area (Å²) in [6, 6.07) is 13.8. The monoisotopic (exact) mass is 322 g/mol. The van der Waals surface area contributed by atoms with Crippen LogP contribution in [0.5, 0.6) is 0 Å². The van der Waals surface area contributed by atoms with Crippen molar-refractivity contribution in [3.8, 4) is 0 Å². The van der Waals surface area contributed by atoms with Gasteiger partial charge in [0.1, 0.15) is 0 Å². The van der Waals surface area contributed by atoms with E-state index in [9.17, 15) is 4.79 Å². The summed E-state index contributed by atoms with van der Waals surface area (Å²) in [7, 11) is 0. The number of thiazole rings is 1. The van der Waals surface area contributed by atoms with E-state index in [4.69, 9.17) is 0 Å². The molecule has 0 aliphatic carbocycles. The lowest BCUT2D eigenvalue weighted by atomic mass is 10.1. The summed E-state index contributed by atoms with van der Waals surface area (Å²) in [4.78, 5) is 17.5. The Labute approximate surface area is 139 Å². The van der Waals surface area contributed by atoms with E-state index in [0.29, 0.717) is 16.9 Å². The van der Waals surface area contributed by atoms with Gasteiger partial charge in [-0.05, 0) is 43.7 Å². The highest BCUT2D eigenvalue weighted by molar-refractivity contribution is 7.16. The lowest BCUT2D eigenvalue weighted by Gasteiger charge is -2.01. The van der Waals surface area contributed by atoms with Crippen LogP contribution >= 0.6 is 11.3 Å². The normalized spacial score (nSPS) is 11.8. The van der Waals surface area contributed by atoms with Crippen molar-refractivity contribution in [2.24, 2.45) is 4.99 Å². The number of carbonyl (C=O) groups is 1. The molecule has 116 valence electrons. The van der Waals surface area contributed by atoms with Gasteiger partial charge in [-0.2, -0.15) is 4.99 Å². The molecule has 3 aromatic rings. The third-order valence-corrected chi connectivity index (χ3v) is 4.65. The molecule has 0 spiro atoms. The molecule has 0 saturated carbocycles. The van der Waals surface area contributed by atoms with E-state index in [1.54, 1.807) is 6.07 Å². The van der Waals surface area contributed by atoms with Crippen molar-refractivity contribution in [2.45, 2.75) is 20.4 Å². The molecule has 0 aliphatic heterocycles. The van der Waals surface area contributed by atoms with Gasteiger partial charge in [0, 0.05) is 12.1 Å². The molecule has 1 heterocycles. The van der Waals surface area contributed by atoms with Gasteiger partial charge >= 0.3 is 0 Å². The van der Waals surface area contributed by atoms with Gasteiger partial charge in [0.05, 0.1) is 10.2 Å². The molecule has 0 N–H and O–H groups in total. The predicted octanol–water partition coefficient (Wildman–Crippen LogP) is 4.25. The molecule has 0 saturated heterocycles. The van der Waals surface area contributed by atoms with Crippen LogP contribution in [0.4, 0.5) is 0 Å². The van der Waals surface area contributed by atoms with Crippen LogP contribution in [-0.2, 0) is 6.54 Å². The maximum Gasteiger partial charge on any atom is 0.279 e. The zero-order valence-electron chi connectivity index (χ0n) is 13.2. The number of hydrogen-bond donors (Lipinski definition) is 0. The topological polar surface area (TPSA) is 34.4 Å². The molecule has 0 fully saturated rings. The number of amides is 1. The summed E-state index contributed by atoms with van der Waals surface area (Å²) in [5.74, 6) is -0.213. The van der Waals surface area contributed by atoms with Gasteiger partial charge in [-0.3, -0.25) is 4.79 Å². The molecule has 0 atom stereocenters. The van der Waals surface area contributed by atoms with E-state index in [1.807, 2.05) is 35.8 Å². The highest BCUT2D eigenvalue weighted by Gasteiger charge is 2.09.